The minimum absolute atomic E-state index is 0.575. The molecular weight excluding hydrogens is 750 g/mol. The molecule has 0 atom stereocenters. The Labute approximate surface area is 348 Å². The average Bonchev–Trinajstić information content (AvgIpc) is 3.60. The fourth-order valence-corrected chi connectivity index (χ4v) is 12.6. The first-order chi connectivity index (χ1) is 29.6. The maximum atomic E-state index is 15.1. The predicted octanol–water partition coefficient (Wildman–Crippen LogP) is 12.8. The molecule has 60 heavy (non-hydrogen) atoms. The highest BCUT2D eigenvalue weighted by molar-refractivity contribution is 7.85. The number of fused-ring (bicyclic) bond motifs is 12. The highest BCUT2D eigenvalue weighted by Gasteiger charge is 2.51. The van der Waals surface area contributed by atoms with Crippen molar-refractivity contribution in [3.05, 3.63) is 241 Å². The lowest BCUT2D eigenvalue weighted by atomic mass is 9.66. The zero-order valence-electron chi connectivity index (χ0n) is 32.5. The van der Waals surface area contributed by atoms with Crippen LogP contribution in [0.2, 0.25) is 0 Å². The summed E-state index contributed by atoms with van der Waals surface area (Å²) in [7, 11) is -3.10. The molecule has 0 fully saturated rings. The zero-order valence-corrected chi connectivity index (χ0v) is 33.4. The fraction of sp³-hybridized carbons (Fsp3) is 0.0179. The largest absolute Gasteiger partial charge is 0.457 e. The summed E-state index contributed by atoms with van der Waals surface area (Å²) in [6.07, 6.45) is 0. The number of hydrogen-bond donors (Lipinski definition) is 0. The van der Waals surface area contributed by atoms with Crippen LogP contribution in [0.1, 0.15) is 22.3 Å². The lowest BCUT2D eigenvalue weighted by Gasteiger charge is -2.39. The van der Waals surface area contributed by atoms with Crippen molar-refractivity contribution in [3.8, 4) is 45.0 Å². The Hall–Kier alpha value is -7.32. The van der Waals surface area contributed by atoms with E-state index in [1.54, 1.807) is 0 Å². The smallest absolute Gasteiger partial charge is 0.171 e. The first-order valence-electron chi connectivity index (χ1n) is 20.4. The molecule has 282 valence electrons. The van der Waals surface area contributed by atoms with Crippen LogP contribution in [0.25, 0.3) is 55.2 Å². The summed E-state index contributed by atoms with van der Waals surface area (Å²) in [4.78, 5) is 5.49. The minimum atomic E-state index is -3.10. The molecule has 2 aliphatic rings. The van der Waals surface area contributed by atoms with Gasteiger partial charge in [-0.2, -0.15) is 0 Å². The maximum absolute atomic E-state index is 15.1. The molecule has 9 aromatic carbocycles. The Morgan fingerprint density at radius 3 is 1.57 bits per heavy atom. The molecule has 0 radical (unpaired) electrons. The molecule has 1 aliphatic carbocycles. The minimum Gasteiger partial charge on any atom is -0.457 e. The monoisotopic (exact) mass is 785 g/mol. The maximum Gasteiger partial charge on any atom is 0.171 e. The van der Waals surface area contributed by atoms with Crippen LogP contribution in [0.15, 0.2) is 218 Å². The molecule has 0 saturated carbocycles. The van der Waals surface area contributed by atoms with Crippen molar-refractivity contribution in [2.45, 2.75) is 5.41 Å². The van der Waals surface area contributed by atoms with Gasteiger partial charge >= 0.3 is 0 Å². The van der Waals surface area contributed by atoms with Crippen LogP contribution in [0.4, 0.5) is 0 Å². The molecule has 0 saturated heterocycles. The number of ether oxygens (including phenoxy) is 1. The summed E-state index contributed by atoms with van der Waals surface area (Å²) >= 11 is 0. The van der Waals surface area contributed by atoms with Crippen LogP contribution in [-0.4, -0.2) is 4.98 Å². The zero-order chi connectivity index (χ0) is 39.8. The molecule has 1 aliphatic heterocycles. The van der Waals surface area contributed by atoms with Crippen molar-refractivity contribution >= 4 is 44.7 Å². The van der Waals surface area contributed by atoms with E-state index in [1.807, 2.05) is 72.8 Å². The molecule has 1 aromatic heterocycles. The van der Waals surface area contributed by atoms with E-state index in [2.05, 4.69) is 146 Å². The molecule has 4 heteroatoms. The molecule has 2 heterocycles. The Kier molecular flexibility index (Phi) is 7.73. The highest BCUT2D eigenvalue weighted by Crippen LogP contribution is 2.62. The standard InChI is InChI=1S/C56H36NO2P/c58-60(40-18-6-2-7-19-40,41-20-8-3-9-21-41)42-31-28-37(29-32-42)39-30-33-44-45-36-51-46(35-47(45)55(57-52(44)34-39)38-16-4-1-5-17-38)43-22-10-11-23-48(43)56(51)49-24-12-14-26-53(49)59-54-27-15-13-25-50(54)56/h1-36H. The van der Waals surface area contributed by atoms with Gasteiger partial charge in [0.25, 0.3) is 0 Å². The quantitative estimate of drug-likeness (QED) is 0.129. The summed E-state index contributed by atoms with van der Waals surface area (Å²) in [5, 5.41) is 5.80. The normalized spacial score (nSPS) is 13.3. The molecule has 12 rings (SSSR count). The van der Waals surface area contributed by atoms with E-state index in [0.717, 1.165) is 82.6 Å². The summed E-state index contributed by atoms with van der Waals surface area (Å²) in [5.74, 6) is 1.76. The second kappa shape index (κ2) is 13.4. The molecule has 0 bridgehead atoms. The van der Waals surface area contributed by atoms with Crippen molar-refractivity contribution < 1.29 is 9.30 Å². The third-order valence-electron chi connectivity index (χ3n) is 12.6. The molecule has 0 unspecified atom stereocenters. The average molecular weight is 786 g/mol. The summed E-state index contributed by atoms with van der Waals surface area (Å²) < 4.78 is 21.8. The number of aromatic nitrogens is 1. The van der Waals surface area contributed by atoms with Gasteiger partial charge in [-0.15, -0.1) is 0 Å². The van der Waals surface area contributed by atoms with Gasteiger partial charge in [-0.25, -0.2) is 4.98 Å². The fourth-order valence-electron chi connectivity index (χ4n) is 9.93. The number of nitrogens with zero attached hydrogens (tertiary/aromatic N) is 1. The summed E-state index contributed by atoms with van der Waals surface area (Å²) in [6, 6.07) is 75.9. The first-order valence-corrected chi connectivity index (χ1v) is 22.1. The molecule has 1 spiro atoms. The first kappa shape index (κ1) is 34.7. The lowest BCUT2D eigenvalue weighted by molar-refractivity contribution is 0.436. The van der Waals surface area contributed by atoms with Crippen LogP contribution in [0.5, 0.6) is 11.5 Å². The van der Waals surface area contributed by atoms with E-state index in [-0.39, 0.29) is 0 Å². The van der Waals surface area contributed by atoms with Crippen LogP contribution in [-0.2, 0) is 9.98 Å². The Balaban J connectivity index is 1.08. The number of para-hydroxylation sites is 2. The summed E-state index contributed by atoms with van der Waals surface area (Å²) in [5.41, 5.74) is 11.7. The lowest BCUT2D eigenvalue weighted by Crippen LogP contribution is -2.32. The SMILES string of the molecule is O=P(c1ccccc1)(c1ccccc1)c1ccc(-c2ccc3c(c2)nc(-c2ccccc2)c2cc4c(cc23)C2(c3ccccc3Oc3ccccc32)c2ccccc2-4)cc1. The van der Waals surface area contributed by atoms with Gasteiger partial charge in [-0.3, -0.25) is 0 Å². The van der Waals surface area contributed by atoms with E-state index in [9.17, 15) is 0 Å². The van der Waals surface area contributed by atoms with Gasteiger partial charge in [-0.1, -0.05) is 188 Å². The van der Waals surface area contributed by atoms with Crippen molar-refractivity contribution in [2.24, 2.45) is 0 Å². The van der Waals surface area contributed by atoms with Crippen LogP contribution < -0.4 is 20.7 Å². The van der Waals surface area contributed by atoms with Crippen LogP contribution in [0.3, 0.4) is 0 Å². The van der Waals surface area contributed by atoms with Gasteiger partial charge in [0, 0.05) is 43.4 Å². The topological polar surface area (TPSA) is 39.2 Å². The number of rotatable bonds is 5. The Morgan fingerprint density at radius 1 is 0.383 bits per heavy atom. The number of benzene rings is 9. The van der Waals surface area contributed by atoms with Crippen molar-refractivity contribution in [2.75, 3.05) is 0 Å². The van der Waals surface area contributed by atoms with Crippen molar-refractivity contribution in [1.82, 2.24) is 4.98 Å². The molecule has 3 nitrogen and oxygen atoms in total. The Morgan fingerprint density at radius 2 is 0.917 bits per heavy atom. The molecule has 10 aromatic rings. The summed E-state index contributed by atoms with van der Waals surface area (Å²) in [6.45, 7) is 0. The van der Waals surface area contributed by atoms with Gasteiger partial charge < -0.3 is 9.30 Å². The second-order valence-corrected chi connectivity index (χ2v) is 18.5. The van der Waals surface area contributed by atoms with E-state index in [1.165, 1.54) is 22.3 Å². The second-order valence-electron chi connectivity index (χ2n) is 15.7. The third kappa shape index (κ3) is 4.97. The molecular formula is C56H36NO2P. The molecule has 0 amide bonds. The van der Waals surface area contributed by atoms with E-state index in [4.69, 9.17) is 9.72 Å². The van der Waals surface area contributed by atoms with Crippen molar-refractivity contribution in [3.63, 3.8) is 0 Å². The van der Waals surface area contributed by atoms with Gasteiger partial charge in [0.05, 0.1) is 16.6 Å². The van der Waals surface area contributed by atoms with Gasteiger partial charge in [0.15, 0.2) is 7.14 Å². The molecule has 0 N–H and O–H groups in total. The number of pyridine rings is 1. The van der Waals surface area contributed by atoms with Gasteiger partial charge in [0.1, 0.15) is 11.5 Å². The number of hydrogen-bond acceptors (Lipinski definition) is 3. The van der Waals surface area contributed by atoms with E-state index in [0.29, 0.717) is 0 Å². The van der Waals surface area contributed by atoms with E-state index < -0.39 is 12.6 Å². The van der Waals surface area contributed by atoms with Crippen LogP contribution >= 0.6 is 7.14 Å². The van der Waals surface area contributed by atoms with Crippen LogP contribution in [0, 0.1) is 0 Å². The Bertz CT molecular complexity index is 3270. The van der Waals surface area contributed by atoms with Crippen molar-refractivity contribution in [1.29, 1.82) is 0 Å². The third-order valence-corrected chi connectivity index (χ3v) is 15.7. The van der Waals surface area contributed by atoms with Gasteiger partial charge in [-0.05, 0) is 69.1 Å². The van der Waals surface area contributed by atoms with E-state index >= 15 is 4.57 Å². The highest BCUT2D eigenvalue weighted by atomic mass is 31.2. The predicted molar refractivity (Wildman–Crippen MR) is 247 cm³/mol. The van der Waals surface area contributed by atoms with Gasteiger partial charge in [0.2, 0.25) is 0 Å².